The third-order valence-electron chi connectivity index (χ3n) is 5.33. The zero-order chi connectivity index (χ0) is 16.7. The van der Waals surface area contributed by atoms with Crippen LogP contribution in [-0.4, -0.2) is 33.4 Å². The van der Waals surface area contributed by atoms with E-state index in [1.807, 2.05) is 10.8 Å². The Labute approximate surface area is 146 Å². The fourth-order valence-electron chi connectivity index (χ4n) is 3.85. The maximum Gasteiger partial charge on any atom is 0.267 e. The standard InChI is InChI=1S/C18H24N4OS/c1-3-21(2)13-9-10-19-17-14(13)15-16(24-17)18(23)22(11-20-15)12-7-5-4-6-8-12/h9-12,17,19H,3-8H2,1-2H3. The van der Waals surface area contributed by atoms with Crippen LogP contribution >= 0.6 is 11.8 Å². The Kier molecular flexibility index (Phi) is 4.16. The van der Waals surface area contributed by atoms with E-state index in [1.165, 1.54) is 19.3 Å². The fourth-order valence-corrected chi connectivity index (χ4v) is 5.06. The lowest BCUT2D eigenvalue weighted by molar-refractivity contribution is 0.341. The molecular weight excluding hydrogens is 320 g/mol. The topological polar surface area (TPSA) is 50.2 Å². The number of dihydropyridines is 1. The summed E-state index contributed by atoms with van der Waals surface area (Å²) in [6, 6.07) is 0.324. The number of allylic oxidation sites excluding steroid dienone is 1. The summed E-state index contributed by atoms with van der Waals surface area (Å²) >= 11 is 1.61. The summed E-state index contributed by atoms with van der Waals surface area (Å²) in [4.78, 5) is 20.8. The first-order chi connectivity index (χ1) is 11.7. The molecular formula is C18H24N4OS. The van der Waals surface area contributed by atoms with E-state index in [0.717, 1.165) is 41.2 Å². The van der Waals surface area contributed by atoms with Gasteiger partial charge in [0.05, 0.1) is 12.0 Å². The lowest BCUT2D eigenvalue weighted by Crippen LogP contribution is -2.28. The SMILES string of the molecule is CCN(C)C1=C2c3ncn(C4CCCCC4)c(=O)c3SC2NC=C1. The van der Waals surface area contributed by atoms with Gasteiger partial charge in [-0.1, -0.05) is 31.0 Å². The molecule has 2 aliphatic heterocycles. The minimum atomic E-state index is 0.0939. The van der Waals surface area contributed by atoms with Crippen molar-refractivity contribution < 1.29 is 0 Å². The summed E-state index contributed by atoms with van der Waals surface area (Å²) in [5.41, 5.74) is 3.32. The van der Waals surface area contributed by atoms with E-state index in [-0.39, 0.29) is 10.9 Å². The number of hydrogen-bond acceptors (Lipinski definition) is 5. The molecule has 128 valence electrons. The number of likely N-dealkylation sites (N-methyl/N-ethyl adjacent to an activating group) is 1. The van der Waals surface area contributed by atoms with Crippen molar-refractivity contribution in [1.29, 1.82) is 0 Å². The molecule has 0 radical (unpaired) electrons. The molecule has 0 saturated heterocycles. The number of nitrogens with zero attached hydrogens (tertiary/aromatic N) is 3. The van der Waals surface area contributed by atoms with Gasteiger partial charge in [0.1, 0.15) is 10.3 Å². The van der Waals surface area contributed by atoms with Crippen LogP contribution in [0.25, 0.3) is 5.57 Å². The van der Waals surface area contributed by atoms with Gasteiger partial charge >= 0.3 is 0 Å². The molecule has 1 atom stereocenters. The molecule has 0 aromatic carbocycles. The van der Waals surface area contributed by atoms with Crippen LogP contribution in [0.4, 0.5) is 0 Å². The van der Waals surface area contributed by atoms with Gasteiger partial charge in [0, 0.05) is 30.9 Å². The molecule has 0 bridgehead atoms. The van der Waals surface area contributed by atoms with Gasteiger partial charge in [-0.05, 0) is 32.0 Å². The first-order valence-electron chi connectivity index (χ1n) is 8.86. The third-order valence-corrected chi connectivity index (χ3v) is 6.54. The molecule has 0 spiro atoms. The highest BCUT2D eigenvalue weighted by Gasteiger charge is 2.36. The minimum absolute atomic E-state index is 0.0939. The van der Waals surface area contributed by atoms with Gasteiger partial charge in [-0.3, -0.25) is 9.36 Å². The molecule has 3 aliphatic rings. The van der Waals surface area contributed by atoms with Gasteiger partial charge in [-0.25, -0.2) is 4.98 Å². The van der Waals surface area contributed by atoms with Crippen LogP contribution in [0.3, 0.4) is 0 Å². The number of fused-ring (bicyclic) bond motifs is 3. The summed E-state index contributed by atoms with van der Waals surface area (Å²) in [5, 5.41) is 3.47. The van der Waals surface area contributed by atoms with Crippen LogP contribution < -0.4 is 10.9 Å². The predicted octanol–water partition coefficient (Wildman–Crippen LogP) is 2.96. The smallest absolute Gasteiger partial charge is 0.267 e. The normalized spacial score (nSPS) is 23.0. The Bertz CT molecular complexity index is 761. The van der Waals surface area contributed by atoms with E-state index in [1.54, 1.807) is 18.1 Å². The maximum absolute atomic E-state index is 13.1. The number of thioether (sulfide) groups is 1. The highest BCUT2D eigenvalue weighted by molar-refractivity contribution is 8.00. The molecule has 1 aromatic rings. The second kappa shape index (κ2) is 6.31. The molecule has 24 heavy (non-hydrogen) atoms. The van der Waals surface area contributed by atoms with Gasteiger partial charge in [-0.15, -0.1) is 0 Å². The summed E-state index contributed by atoms with van der Waals surface area (Å²) in [6.45, 7) is 3.06. The largest absolute Gasteiger partial charge is 0.375 e. The van der Waals surface area contributed by atoms with Gasteiger partial charge < -0.3 is 10.2 Å². The van der Waals surface area contributed by atoms with Crippen LogP contribution in [0.5, 0.6) is 0 Å². The molecule has 1 aromatic heterocycles. The second-order valence-electron chi connectivity index (χ2n) is 6.74. The van der Waals surface area contributed by atoms with Crippen molar-refractivity contribution in [2.45, 2.75) is 55.3 Å². The van der Waals surface area contributed by atoms with Crippen molar-refractivity contribution >= 4 is 17.3 Å². The third kappa shape index (κ3) is 2.48. The lowest BCUT2D eigenvalue weighted by Gasteiger charge is -2.26. The van der Waals surface area contributed by atoms with Crippen LogP contribution in [0.2, 0.25) is 0 Å². The Balaban J connectivity index is 1.79. The number of aromatic nitrogens is 2. The summed E-state index contributed by atoms with van der Waals surface area (Å²) in [7, 11) is 2.08. The molecule has 4 rings (SSSR count). The zero-order valence-corrected chi connectivity index (χ0v) is 15.1. The van der Waals surface area contributed by atoms with Crippen molar-refractivity contribution in [3.8, 4) is 0 Å². The van der Waals surface area contributed by atoms with Gasteiger partial charge in [-0.2, -0.15) is 0 Å². The van der Waals surface area contributed by atoms with Crippen molar-refractivity contribution in [2.24, 2.45) is 0 Å². The van der Waals surface area contributed by atoms with E-state index >= 15 is 0 Å². The Morgan fingerprint density at radius 1 is 1.38 bits per heavy atom. The van der Waals surface area contributed by atoms with Crippen LogP contribution in [0.1, 0.15) is 50.8 Å². The number of hydrogen-bond donors (Lipinski definition) is 1. The molecule has 1 saturated carbocycles. The van der Waals surface area contributed by atoms with Gasteiger partial charge in [0.2, 0.25) is 0 Å². The second-order valence-corrected chi connectivity index (χ2v) is 7.85. The molecule has 5 nitrogen and oxygen atoms in total. The molecule has 1 fully saturated rings. The average Bonchev–Trinajstić information content (AvgIpc) is 3.02. The molecule has 0 amide bonds. The number of rotatable bonds is 3. The quantitative estimate of drug-likeness (QED) is 0.913. The average molecular weight is 344 g/mol. The summed E-state index contributed by atoms with van der Waals surface area (Å²) in [6.07, 6.45) is 11.8. The summed E-state index contributed by atoms with van der Waals surface area (Å²) in [5.74, 6) is 0. The van der Waals surface area contributed by atoms with Crippen LogP contribution in [0.15, 0.2) is 34.0 Å². The van der Waals surface area contributed by atoms with Crippen molar-refractivity contribution in [3.05, 3.63) is 40.3 Å². The fraction of sp³-hybridized carbons (Fsp3) is 0.556. The Morgan fingerprint density at radius 3 is 2.92 bits per heavy atom. The van der Waals surface area contributed by atoms with Crippen LogP contribution in [-0.2, 0) is 0 Å². The summed E-state index contributed by atoms with van der Waals surface area (Å²) < 4.78 is 1.89. The van der Waals surface area contributed by atoms with E-state index in [0.29, 0.717) is 6.04 Å². The monoisotopic (exact) mass is 344 g/mol. The first-order valence-corrected chi connectivity index (χ1v) is 9.74. The highest BCUT2D eigenvalue weighted by atomic mass is 32.2. The van der Waals surface area contributed by atoms with E-state index in [2.05, 4.69) is 30.3 Å². The molecule has 1 N–H and O–H groups in total. The van der Waals surface area contributed by atoms with Crippen molar-refractivity contribution in [3.63, 3.8) is 0 Å². The van der Waals surface area contributed by atoms with E-state index < -0.39 is 0 Å². The Morgan fingerprint density at radius 2 is 2.17 bits per heavy atom. The van der Waals surface area contributed by atoms with Gasteiger partial charge in [0.15, 0.2) is 0 Å². The van der Waals surface area contributed by atoms with E-state index in [9.17, 15) is 4.79 Å². The van der Waals surface area contributed by atoms with Crippen molar-refractivity contribution in [2.75, 3.05) is 13.6 Å². The van der Waals surface area contributed by atoms with Crippen LogP contribution in [0, 0.1) is 0 Å². The Hall–Kier alpha value is -1.69. The molecule has 1 aliphatic carbocycles. The van der Waals surface area contributed by atoms with E-state index in [4.69, 9.17) is 4.98 Å². The first kappa shape index (κ1) is 15.8. The zero-order valence-electron chi connectivity index (χ0n) is 14.3. The lowest BCUT2D eigenvalue weighted by atomic mass is 9.95. The minimum Gasteiger partial charge on any atom is -0.375 e. The van der Waals surface area contributed by atoms with Crippen molar-refractivity contribution in [1.82, 2.24) is 19.8 Å². The maximum atomic E-state index is 13.1. The molecule has 3 heterocycles. The number of nitrogens with one attached hydrogen (secondary N) is 1. The molecule has 6 heteroatoms. The molecule has 1 unspecified atom stereocenters. The highest BCUT2D eigenvalue weighted by Crippen LogP contribution is 2.44. The predicted molar refractivity (Wildman–Crippen MR) is 97.8 cm³/mol. The van der Waals surface area contributed by atoms with Gasteiger partial charge in [0.25, 0.3) is 5.56 Å².